The quantitative estimate of drug-likeness (QED) is 0.619. The van der Waals surface area contributed by atoms with Gasteiger partial charge in [0.25, 0.3) is 0 Å². The van der Waals surface area contributed by atoms with Crippen LogP contribution in [0.1, 0.15) is 19.4 Å². The van der Waals surface area contributed by atoms with E-state index in [4.69, 9.17) is 0 Å². The molecule has 0 fully saturated rings. The van der Waals surface area contributed by atoms with Gasteiger partial charge >= 0.3 is 6.36 Å². The van der Waals surface area contributed by atoms with Crippen LogP contribution in [0.3, 0.4) is 0 Å². The Hall–Kier alpha value is -2.05. The number of nitrogens with zero attached hydrogens (tertiary/aromatic N) is 1. The molecule has 0 atom stereocenters. The van der Waals surface area contributed by atoms with Gasteiger partial charge in [-0.1, -0.05) is 32.0 Å². The molecule has 0 aliphatic heterocycles. The zero-order valence-electron chi connectivity index (χ0n) is 10.3. The lowest BCUT2D eigenvalue weighted by molar-refractivity contribution is -0.431. The lowest BCUT2D eigenvalue weighted by Gasteiger charge is -2.11. The molecule has 0 aromatic heterocycles. The number of benzene rings is 1. The molecule has 0 aliphatic rings. The SMILES string of the molecule is CC(C)/C(=C/c1ccccc1OC(F)(F)F)[N+](=O)[O-]. The van der Waals surface area contributed by atoms with E-state index in [-0.39, 0.29) is 11.3 Å². The summed E-state index contributed by atoms with van der Waals surface area (Å²) in [7, 11) is 0. The Balaban J connectivity index is 3.20. The molecule has 0 radical (unpaired) electrons. The van der Waals surface area contributed by atoms with Crippen molar-refractivity contribution >= 4 is 6.08 Å². The first kappa shape index (κ1) is 15.0. The van der Waals surface area contributed by atoms with Crippen LogP contribution < -0.4 is 4.74 Å². The second kappa shape index (κ2) is 5.73. The predicted octanol–water partition coefficient (Wildman–Crippen LogP) is 3.86. The zero-order valence-corrected chi connectivity index (χ0v) is 10.3. The van der Waals surface area contributed by atoms with Gasteiger partial charge in [-0.25, -0.2) is 0 Å². The third-order valence-electron chi connectivity index (χ3n) is 2.25. The Morgan fingerprint density at radius 3 is 2.42 bits per heavy atom. The van der Waals surface area contributed by atoms with E-state index in [2.05, 4.69) is 4.74 Å². The molecule has 19 heavy (non-hydrogen) atoms. The number of alkyl halides is 3. The van der Waals surface area contributed by atoms with Crippen LogP contribution in [-0.4, -0.2) is 11.3 Å². The molecule has 0 unspecified atom stereocenters. The number of para-hydroxylation sites is 1. The van der Waals surface area contributed by atoms with Crippen LogP contribution in [0.5, 0.6) is 5.75 Å². The van der Waals surface area contributed by atoms with Crippen molar-refractivity contribution in [1.82, 2.24) is 0 Å². The number of rotatable bonds is 4. The van der Waals surface area contributed by atoms with E-state index in [1.807, 2.05) is 0 Å². The lowest BCUT2D eigenvalue weighted by atomic mass is 10.1. The molecule has 104 valence electrons. The maximum atomic E-state index is 12.2. The van der Waals surface area contributed by atoms with Gasteiger partial charge in [0.05, 0.1) is 4.92 Å². The van der Waals surface area contributed by atoms with Crippen molar-refractivity contribution in [2.45, 2.75) is 20.2 Å². The van der Waals surface area contributed by atoms with Crippen molar-refractivity contribution in [3.8, 4) is 5.75 Å². The molecule has 0 amide bonds. The molecular weight excluding hydrogens is 263 g/mol. The molecule has 1 aromatic rings. The maximum absolute atomic E-state index is 12.2. The standard InChI is InChI=1S/C12H12F3NO3/c1-8(2)10(16(17)18)7-9-5-3-4-6-11(9)19-12(13,14)15/h3-8H,1-2H3/b10-7-. The fraction of sp³-hybridized carbons (Fsp3) is 0.333. The molecule has 0 saturated heterocycles. The van der Waals surface area contributed by atoms with E-state index in [0.29, 0.717) is 0 Å². The molecule has 0 saturated carbocycles. The summed E-state index contributed by atoms with van der Waals surface area (Å²) >= 11 is 0. The van der Waals surface area contributed by atoms with Crippen molar-refractivity contribution in [2.75, 3.05) is 0 Å². The fourth-order valence-corrected chi connectivity index (χ4v) is 1.41. The van der Waals surface area contributed by atoms with E-state index in [0.717, 1.165) is 12.1 Å². The van der Waals surface area contributed by atoms with Gasteiger partial charge in [0.2, 0.25) is 5.70 Å². The van der Waals surface area contributed by atoms with E-state index in [1.165, 1.54) is 18.2 Å². The van der Waals surface area contributed by atoms with Gasteiger partial charge in [0, 0.05) is 17.6 Å². The minimum absolute atomic E-state index is 0.0141. The van der Waals surface area contributed by atoms with Gasteiger partial charge < -0.3 is 4.74 Å². The van der Waals surface area contributed by atoms with Crippen molar-refractivity contribution in [2.24, 2.45) is 5.92 Å². The van der Waals surface area contributed by atoms with Gasteiger partial charge in [-0.05, 0) is 6.07 Å². The van der Waals surface area contributed by atoms with Crippen molar-refractivity contribution in [3.05, 3.63) is 45.6 Å². The molecule has 0 aliphatic carbocycles. The molecule has 0 spiro atoms. The number of hydrogen-bond donors (Lipinski definition) is 0. The summed E-state index contributed by atoms with van der Waals surface area (Å²) in [6, 6.07) is 5.27. The molecule has 0 heterocycles. The summed E-state index contributed by atoms with van der Waals surface area (Å²) in [5.41, 5.74) is -0.168. The predicted molar refractivity (Wildman–Crippen MR) is 62.9 cm³/mol. The number of halogens is 3. The Morgan fingerprint density at radius 2 is 1.95 bits per heavy atom. The van der Waals surface area contributed by atoms with Gasteiger partial charge in [0.1, 0.15) is 5.75 Å². The van der Waals surface area contributed by atoms with Crippen LogP contribution in [0.4, 0.5) is 13.2 Å². The van der Waals surface area contributed by atoms with Crippen LogP contribution in [0, 0.1) is 16.0 Å². The first-order chi connectivity index (χ1) is 8.70. The first-order valence-corrected chi connectivity index (χ1v) is 5.41. The van der Waals surface area contributed by atoms with Gasteiger partial charge in [-0.3, -0.25) is 10.1 Å². The van der Waals surface area contributed by atoms with Gasteiger partial charge in [-0.15, -0.1) is 13.2 Å². The molecule has 1 rings (SSSR count). The van der Waals surface area contributed by atoms with Crippen molar-refractivity contribution in [3.63, 3.8) is 0 Å². The molecule has 0 bridgehead atoms. The summed E-state index contributed by atoms with van der Waals surface area (Å²) < 4.78 is 40.4. The van der Waals surface area contributed by atoms with E-state index < -0.39 is 23.0 Å². The highest BCUT2D eigenvalue weighted by atomic mass is 19.4. The largest absolute Gasteiger partial charge is 0.573 e. The van der Waals surface area contributed by atoms with Crippen molar-refractivity contribution < 1.29 is 22.8 Å². The Morgan fingerprint density at radius 1 is 1.37 bits per heavy atom. The maximum Gasteiger partial charge on any atom is 0.573 e. The molecule has 1 aromatic carbocycles. The second-order valence-electron chi connectivity index (χ2n) is 4.07. The summed E-state index contributed by atoms with van der Waals surface area (Å²) in [6.45, 7) is 3.17. The number of ether oxygens (including phenoxy) is 1. The van der Waals surface area contributed by atoms with Crippen LogP contribution in [0.25, 0.3) is 6.08 Å². The number of nitro groups is 1. The lowest BCUT2D eigenvalue weighted by Crippen LogP contribution is -2.17. The minimum atomic E-state index is -4.84. The third kappa shape index (κ3) is 4.61. The molecular formula is C12H12F3NO3. The fourth-order valence-electron chi connectivity index (χ4n) is 1.41. The van der Waals surface area contributed by atoms with Gasteiger partial charge in [0.15, 0.2) is 0 Å². The topological polar surface area (TPSA) is 52.4 Å². The highest BCUT2D eigenvalue weighted by Crippen LogP contribution is 2.28. The second-order valence-corrected chi connectivity index (χ2v) is 4.07. The smallest absolute Gasteiger partial charge is 0.405 e. The minimum Gasteiger partial charge on any atom is -0.405 e. The van der Waals surface area contributed by atoms with E-state index in [1.54, 1.807) is 13.8 Å². The first-order valence-electron chi connectivity index (χ1n) is 5.41. The van der Waals surface area contributed by atoms with E-state index >= 15 is 0 Å². The Bertz CT molecular complexity index is 495. The van der Waals surface area contributed by atoms with Crippen LogP contribution in [0.2, 0.25) is 0 Å². The number of allylic oxidation sites excluding steroid dienone is 1. The number of hydrogen-bond acceptors (Lipinski definition) is 3. The summed E-state index contributed by atoms with van der Waals surface area (Å²) in [4.78, 5) is 10.2. The molecule has 4 nitrogen and oxygen atoms in total. The average Bonchev–Trinajstić information content (AvgIpc) is 2.24. The van der Waals surface area contributed by atoms with Gasteiger partial charge in [-0.2, -0.15) is 0 Å². The Kier molecular flexibility index (Phi) is 4.52. The highest BCUT2D eigenvalue weighted by Gasteiger charge is 2.32. The van der Waals surface area contributed by atoms with Crippen LogP contribution in [0.15, 0.2) is 30.0 Å². The average molecular weight is 275 g/mol. The summed E-state index contributed by atoms with van der Waals surface area (Å²) in [6.07, 6.45) is -3.75. The van der Waals surface area contributed by atoms with Crippen LogP contribution in [-0.2, 0) is 0 Å². The third-order valence-corrected chi connectivity index (χ3v) is 2.25. The van der Waals surface area contributed by atoms with Crippen molar-refractivity contribution in [1.29, 1.82) is 0 Å². The molecule has 0 N–H and O–H groups in total. The summed E-state index contributed by atoms with van der Waals surface area (Å²) in [5.74, 6) is -0.885. The van der Waals surface area contributed by atoms with E-state index in [9.17, 15) is 23.3 Å². The summed E-state index contributed by atoms with van der Waals surface area (Å²) in [5, 5.41) is 10.8. The normalized spacial score (nSPS) is 12.6. The monoisotopic (exact) mass is 275 g/mol. The van der Waals surface area contributed by atoms with Crippen LogP contribution >= 0.6 is 0 Å². The highest BCUT2D eigenvalue weighted by molar-refractivity contribution is 5.58. The molecule has 7 heteroatoms. The Labute approximate surface area is 107 Å². The zero-order chi connectivity index (χ0) is 14.6.